The number of likely N-dealkylation sites (tertiary alicyclic amines) is 1. The maximum absolute atomic E-state index is 14.4. The topological polar surface area (TPSA) is 90.4 Å². The largest absolute Gasteiger partial charge is 0.394 e. The van der Waals surface area contributed by atoms with E-state index in [0.717, 1.165) is 18.5 Å². The van der Waals surface area contributed by atoms with Crippen LogP contribution in [-0.2, 0) is 19.1 Å². The lowest BCUT2D eigenvalue weighted by molar-refractivity contribution is -0.154. The molecule has 8 nitrogen and oxygen atoms in total. The summed E-state index contributed by atoms with van der Waals surface area (Å²) in [6.07, 6.45) is 6.65. The van der Waals surface area contributed by atoms with Gasteiger partial charge >= 0.3 is 0 Å². The van der Waals surface area contributed by atoms with Crippen LogP contribution in [0.5, 0.6) is 0 Å². The first-order chi connectivity index (χ1) is 18.7. The summed E-state index contributed by atoms with van der Waals surface area (Å²) in [5.74, 6) is -2.27. The standard InChI is InChI=1S/C31H43N3O5/c1-6-10-20-32(18-7-2)29(38)26-31-17-16-30(5,39-31)24(25(31)28(37)34(26)22(9-4)21-35)27(36)33(19-8-3)23-14-12-11-13-15-23/h7-8,11-15,22,24-26,35H,2-3,6,9-10,16-21H2,1,4-5H3/t22-,24+,25-,26?,30-,31?/m0/s1. The van der Waals surface area contributed by atoms with Crippen LogP contribution in [0.3, 0.4) is 0 Å². The quantitative estimate of drug-likeness (QED) is 0.389. The number of amides is 3. The first-order valence-corrected chi connectivity index (χ1v) is 14.2. The van der Waals surface area contributed by atoms with Crippen LogP contribution in [0.1, 0.15) is 52.9 Å². The molecule has 2 unspecified atom stereocenters. The molecule has 0 aromatic heterocycles. The van der Waals surface area contributed by atoms with Gasteiger partial charge in [-0.15, -0.1) is 13.2 Å². The molecule has 3 saturated heterocycles. The molecule has 8 heteroatoms. The number of hydrogen-bond acceptors (Lipinski definition) is 5. The molecule has 6 atom stereocenters. The molecule has 3 amide bonds. The van der Waals surface area contributed by atoms with E-state index in [4.69, 9.17) is 4.74 Å². The van der Waals surface area contributed by atoms with Crippen LogP contribution < -0.4 is 4.90 Å². The van der Waals surface area contributed by atoms with Gasteiger partial charge in [-0.1, -0.05) is 50.6 Å². The van der Waals surface area contributed by atoms with Crippen molar-refractivity contribution in [3.05, 3.63) is 55.6 Å². The second-order valence-electron chi connectivity index (χ2n) is 11.2. The SMILES string of the molecule is C=CCN(CCCC)C(=O)C1N([C@@H](CC)CO)C(=O)[C@@H]2[C@H](C(=O)N(CC=C)c3ccccc3)[C@]3(C)CCC12O3. The van der Waals surface area contributed by atoms with E-state index in [2.05, 4.69) is 20.1 Å². The summed E-state index contributed by atoms with van der Waals surface area (Å²) in [5.41, 5.74) is -1.30. The lowest BCUT2D eigenvalue weighted by Crippen LogP contribution is -2.58. The average Bonchev–Trinajstić information content (AvgIpc) is 3.51. The van der Waals surface area contributed by atoms with Crippen molar-refractivity contribution in [1.29, 1.82) is 0 Å². The van der Waals surface area contributed by atoms with Gasteiger partial charge in [-0.05, 0) is 44.7 Å². The molecule has 4 rings (SSSR count). The number of aliphatic hydroxyl groups excluding tert-OH is 1. The highest BCUT2D eigenvalue weighted by molar-refractivity contribution is 6.03. The summed E-state index contributed by atoms with van der Waals surface area (Å²) in [4.78, 5) is 48.0. The molecule has 1 aromatic carbocycles. The molecule has 3 aliphatic rings. The van der Waals surface area contributed by atoms with Crippen molar-refractivity contribution in [2.75, 3.05) is 31.1 Å². The molecule has 3 fully saturated rings. The third-order valence-electron chi connectivity index (χ3n) is 8.88. The first kappa shape index (κ1) is 29.0. The Morgan fingerprint density at radius 3 is 2.44 bits per heavy atom. The van der Waals surface area contributed by atoms with Crippen molar-refractivity contribution < 1.29 is 24.2 Å². The number of para-hydroxylation sites is 1. The number of rotatable bonds is 13. The summed E-state index contributed by atoms with van der Waals surface area (Å²) in [6.45, 7) is 14.5. The van der Waals surface area contributed by atoms with Crippen LogP contribution in [0.25, 0.3) is 0 Å². The predicted octanol–water partition coefficient (Wildman–Crippen LogP) is 3.56. The van der Waals surface area contributed by atoms with Crippen molar-refractivity contribution in [2.45, 2.75) is 76.2 Å². The second kappa shape index (κ2) is 11.6. The maximum atomic E-state index is 14.4. The second-order valence-corrected chi connectivity index (χ2v) is 11.2. The molecule has 2 bridgehead atoms. The van der Waals surface area contributed by atoms with Crippen molar-refractivity contribution in [3.63, 3.8) is 0 Å². The van der Waals surface area contributed by atoms with Crippen molar-refractivity contribution in [2.24, 2.45) is 11.8 Å². The molecule has 1 N–H and O–H groups in total. The minimum absolute atomic E-state index is 0.200. The average molecular weight is 538 g/mol. The van der Waals surface area contributed by atoms with Gasteiger partial charge in [0, 0.05) is 25.3 Å². The van der Waals surface area contributed by atoms with Gasteiger partial charge in [-0.2, -0.15) is 0 Å². The number of carbonyl (C=O) groups excluding carboxylic acids is 3. The van der Waals surface area contributed by atoms with Gasteiger partial charge in [0.25, 0.3) is 0 Å². The molecule has 212 valence electrons. The van der Waals surface area contributed by atoms with E-state index in [0.29, 0.717) is 32.4 Å². The Kier molecular flexibility index (Phi) is 8.66. The van der Waals surface area contributed by atoms with Crippen molar-refractivity contribution in [3.8, 4) is 0 Å². The molecule has 0 aliphatic carbocycles. The van der Waals surface area contributed by atoms with E-state index in [1.165, 1.54) is 0 Å². The monoisotopic (exact) mass is 537 g/mol. The maximum Gasteiger partial charge on any atom is 0.248 e. The molecule has 39 heavy (non-hydrogen) atoms. The third-order valence-corrected chi connectivity index (χ3v) is 8.88. The number of carbonyl (C=O) groups is 3. The van der Waals surface area contributed by atoms with Gasteiger partial charge in [0.15, 0.2) is 0 Å². The van der Waals surface area contributed by atoms with E-state index in [-0.39, 0.29) is 30.9 Å². The molecule has 3 heterocycles. The minimum Gasteiger partial charge on any atom is -0.394 e. The number of ether oxygens (including phenoxy) is 1. The Morgan fingerprint density at radius 2 is 1.85 bits per heavy atom. The zero-order chi connectivity index (χ0) is 28.4. The van der Waals surface area contributed by atoms with Crippen molar-refractivity contribution >= 4 is 23.4 Å². The molecular weight excluding hydrogens is 494 g/mol. The molecular formula is C31H43N3O5. The molecule has 0 saturated carbocycles. The lowest BCUT2D eigenvalue weighted by Gasteiger charge is -2.39. The number of unbranched alkanes of at least 4 members (excludes halogenated alkanes) is 1. The zero-order valence-corrected chi connectivity index (χ0v) is 23.6. The summed E-state index contributed by atoms with van der Waals surface area (Å²) in [5, 5.41) is 10.3. The van der Waals surface area contributed by atoms with Crippen LogP contribution in [0.15, 0.2) is 55.6 Å². The first-order valence-electron chi connectivity index (χ1n) is 14.2. The van der Waals surface area contributed by atoms with E-state index in [1.54, 1.807) is 26.9 Å². The Labute approximate surface area is 232 Å². The summed E-state index contributed by atoms with van der Waals surface area (Å²) in [6, 6.07) is 7.90. The summed E-state index contributed by atoms with van der Waals surface area (Å²) >= 11 is 0. The van der Waals surface area contributed by atoms with Gasteiger partial charge in [0.1, 0.15) is 11.6 Å². The van der Waals surface area contributed by atoms with E-state index >= 15 is 0 Å². The number of benzene rings is 1. The van der Waals surface area contributed by atoms with Crippen LogP contribution in [0, 0.1) is 11.8 Å². The predicted molar refractivity (Wildman–Crippen MR) is 151 cm³/mol. The lowest BCUT2D eigenvalue weighted by atomic mass is 9.66. The van der Waals surface area contributed by atoms with Gasteiger partial charge in [-0.3, -0.25) is 14.4 Å². The normalized spacial score (nSPS) is 29.7. The summed E-state index contributed by atoms with van der Waals surface area (Å²) < 4.78 is 6.78. The van der Waals surface area contributed by atoms with E-state index < -0.39 is 35.1 Å². The van der Waals surface area contributed by atoms with Gasteiger partial charge in [0.2, 0.25) is 17.7 Å². The number of aliphatic hydroxyl groups is 1. The van der Waals surface area contributed by atoms with Crippen LogP contribution in [0.2, 0.25) is 0 Å². The number of hydrogen-bond donors (Lipinski definition) is 1. The Balaban J connectivity index is 1.81. The fourth-order valence-electron chi connectivity index (χ4n) is 7.02. The highest BCUT2D eigenvalue weighted by Crippen LogP contribution is 2.64. The van der Waals surface area contributed by atoms with Gasteiger partial charge in [-0.25, -0.2) is 0 Å². The van der Waals surface area contributed by atoms with Gasteiger partial charge in [0.05, 0.1) is 30.1 Å². The smallest absolute Gasteiger partial charge is 0.248 e. The molecule has 3 aliphatic heterocycles. The number of nitrogens with zero attached hydrogens (tertiary/aromatic N) is 3. The van der Waals surface area contributed by atoms with Crippen LogP contribution in [-0.4, -0.2) is 82.2 Å². The van der Waals surface area contributed by atoms with Crippen molar-refractivity contribution in [1.82, 2.24) is 9.80 Å². The van der Waals surface area contributed by atoms with E-state index in [1.807, 2.05) is 44.2 Å². The fourth-order valence-corrected chi connectivity index (χ4v) is 7.02. The third kappa shape index (κ3) is 4.72. The van der Waals surface area contributed by atoms with E-state index in [9.17, 15) is 19.5 Å². The Hall–Kier alpha value is -2.97. The zero-order valence-electron chi connectivity index (χ0n) is 23.6. The summed E-state index contributed by atoms with van der Waals surface area (Å²) in [7, 11) is 0. The number of fused-ring (bicyclic) bond motifs is 1. The Bertz CT molecular complexity index is 1090. The minimum atomic E-state index is -1.13. The van der Waals surface area contributed by atoms with Crippen LogP contribution >= 0.6 is 0 Å². The van der Waals surface area contributed by atoms with Gasteiger partial charge < -0.3 is 24.5 Å². The Morgan fingerprint density at radius 1 is 1.15 bits per heavy atom. The molecule has 0 radical (unpaired) electrons. The molecule has 1 aromatic rings. The number of anilines is 1. The fraction of sp³-hybridized carbons (Fsp3) is 0.581. The van der Waals surface area contributed by atoms with Crippen LogP contribution in [0.4, 0.5) is 5.69 Å². The highest BCUT2D eigenvalue weighted by atomic mass is 16.5. The molecule has 1 spiro atoms. The highest BCUT2D eigenvalue weighted by Gasteiger charge is 2.78.